The first-order valence-corrected chi connectivity index (χ1v) is 15.6. The molecular weight excluding hydrogens is 560 g/mol. The number of phenolic OH excluding ortho intramolecular Hbond substituents is 1. The zero-order valence-corrected chi connectivity index (χ0v) is 24.5. The quantitative estimate of drug-likeness (QED) is 0.277. The van der Waals surface area contributed by atoms with E-state index in [0.29, 0.717) is 64.9 Å². The Balaban J connectivity index is 1.21. The molecule has 44 heavy (non-hydrogen) atoms. The van der Waals surface area contributed by atoms with E-state index in [1.165, 1.54) is 0 Å². The molecule has 1 saturated carbocycles. The molecule has 2 unspecified atom stereocenters. The summed E-state index contributed by atoms with van der Waals surface area (Å²) in [4.78, 5) is 14.0. The Morgan fingerprint density at radius 1 is 1.05 bits per heavy atom. The molecule has 3 aliphatic heterocycles. The Morgan fingerprint density at radius 2 is 1.86 bits per heavy atom. The van der Waals surface area contributed by atoms with Crippen LogP contribution in [0, 0.1) is 23.6 Å². The third-order valence-corrected chi connectivity index (χ3v) is 9.93. The average molecular weight is 596 g/mol. The number of ether oxygens (including phenoxy) is 1. The highest BCUT2D eigenvalue weighted by Gasteiger charge is 2.46. The van der Waals surface area contributed by atoms with Gasteiger partial charge in [-0.25, -0.2) is 8.78 Å². The number of phenols is 1. The van der Waals surface area contributed by atoms with Gasteiger partial charge in [-0.05, 0) is 67.3 Å². The summed E-state index contributed by atoms with van der Waals surface area (Å²) >= 11 is 0. The Morgan fingerprint density at radius 3 is 2.59 bits per heavy atom. The van der Waals surface area contributed by atoms with Gasteiger partial charge >= 0.3 is 6.01 Å². The van der Waals surface area contributed by atoms with Crippen molar-refractivity contribution in [2.45, 2.75) is 50.4 Å². The first-order chi connectivity index (χ1) is 21.4. The number of likely N-dealkylation sites (tertiary alicyclic amines) is 1. The Labute approximate surface area is 255 Å². The molecule has 1 aliphatic carbocycles. The van der Waals surface area contributed by atoms with Crippen LogP contribution < -0.4 is 15.0 Å². The number of nitrogens with one attached hydrogen (secondary N) is 1. The largest absolute Gasteiger partial charge is 0.508 e. The fourth-order valence-corrected chi connectivity index (χ4v) is 7.50. The number of halogens is 2. The summed E-state index contributed by atoms with van der Waals surface area (Å²) in [6.45, 7) is 3.99. The SMILES string of the molecule is C#Cc1cccc2cc(O)cc(-c3ccc4c(N5CC6CCC(C5)N6)nc(OCC5(CN6CC[C@H](F)C6)CC5)nc4c3F)c12. The van der Waals surface area contributed by atoms with Crippen LogP contribution in [0.15, 0.2) is 42.5 Å². The van der Waals surface area contributed by atoms with E-state index >= 15 is 4.39 Å². The van der Waals surface area contributed by atoms with Gasteiger partial charge < -0.3 is 20.1 Å². The zero-order valence-electron chi connectivity index (χ0n) is 24.5. The van der Waals surface area contributed by atoms with Gasteiger partial charge in [0.1, 0.15) is 23.3 Å². The smallest absolute Gasteiger partial charge is 0.319 e. The second kappa shape index (κ2) is 10.6. The summed E-state index contributed by atoms with van der Waals surface area (Å²) in [5.74, 6) is 2.89. The van der Waals surface area contributed by atoms with Crippen LogP contribution in [-0.2, 0) is 0 Å². The maximum Gasteiger partial charge on any atom is 0.319 e. The lowest BCUT2D eigenvalue weighted by molar-refractivity contribution is 0.165. The van der Waals surface area contributed by atoms with Crippen LogP contribution in [0.5, 0.6) is 11.8 Å². The number of anilines is 1. The van der Waals surface area contributed by atoms with Crippen molar-refractivity contribution in [3.8, 4) is 35.2 Å². The van der Waals surface area contributed by atoms with Crippen molar-refractivity contribution in [3.05, 3.63) is 53.8 Å². The second-order valence-corrected chi connectivity index (χ2v) is 13.1. The second-order valence-electron chi connectivity index (χ2n) is 13.1. The molecule has 0 amide bonds. The van der Waals surface area contributed by atoms with E-state index in [1.807, 2.05) is 24.3 Å². The summed E-state index contributed by atoms with van der Waals surface area (Å²) < 4.78 is 36.9. The molecule has 7 nitrogen and oxygen atoms in total. The number of aromatic nitrogens is 2. The molecule has 9 heteroatoms. The highest BCUT2D eigenvalue weighted by atomic mass is 19.1. The van der Waals surface area contributed by atoms with Crippen molar-refractivity contribution >= 4 is 27.5 Å². The van der Waals surface area contributed by atoms with Crippen molar-refractivity contribution in [1.82, 2.24) is 20.2 Å². The number of piperazine rings is 1. The minimum atomic E-state index is -0.759. The van der Waals surface area contributed by atoms with Crippen LogP contribution in [0.3, 0.4) is 0 Å². The molecule has 4 heterocycles. The topological polar surface area (TPSA) is 73.8 Å². The number of aromatic hydroxyl groups is 1. The van der Waals surface area contributed by atoms with Gasteiger partial charge in [0.15, 0.2) is 5.82 Å². The average Bonchev–Trinajstić information content (AvgIpc) is 3.54. The fourth-order valence-electron chi connectivity index (χ4n) is 7.50. The molecule has 0 spiro atoms. The molecule has 3 saturated heterocycles. The van der Waals surface area contributed by atoms with Crippen LogP contribution in [-0.4, -0.2) is 77.6 Å². The highest BCUT2D eigenvalue weighted by Crippen LogP contribution is 2.47. The molecule has 2 bridgehead atoms. The van der Waals surface area contributed by atoms with Gasteiger partial charge in [-0.3, -0.25) is 4.90 Å². The van der Waals surface area contributed by atoms with Crippen molar-refractivity contribution in [3.63, 3.8) is 0 Å². The maximum absolute atomic E-state index is 16.8. The van der Waals surface area contributed by atoms with E-state index in [2.05, 4.69) is 26.0 Å². The lowest BCUT2D eigenvalue weighted by Crippen LogP contribution is -2.51. The number of nitrogens with zero attached hydrogens (tertiary/aromatic N) is 4. The van der Waals surface area contributed by atoms with Crippen LogP contribution in [0.1, 0.15) is 37.7 Å². The molecule has 4 aliphatic rings. The number of benzene rings is 3. The number of rotatable bonds is 7. The number of terminal acetylenes is 1. The Hall–Kier alpha value is -4.00. The van der Waals surface area contributed by atoms with Crippen molar-refractivity contribution in [1.29, 1.82) is 0 Å². The fraction of sp³-hybridized carbons (Fsp3) is 0.429. The van der Waals surface area contributed by atoms with E-state index in [-0.39, 0.29) is 22.7 Å². The highest BCUT2D eigenvalue weighted by molar-refractivity contribution is 6.04. The first kappa shape index (κ1) is 27.5. The van der Waals surface area contributed by atoms with Gasteiger partial charge in [-0.15, -0.1) is 6.42 Å². The number of hydrogen-bond acceptors (Lipinski definition) is 7. The van der Waals surface area contributed by atoms with E-state index in [9.17, 15) is 9.50 Å². The molecule has 3 atom stereocenters. The first-order valence-electron chi connectivity index (χ1n) is 15.6. The van der Waals surface area contributed by atoms with E-state index in [0.717, 1.165) is 57.2 Å². The van der Waals surface area contributed by atoms with Gasteiger partial charge in [-0.1, -0.05) is 24.1 Å². The minimum absolute atomic E-state index is 0.0247. The van der Waals surface area contributed by atoms with Crippen molar-refractivity contribution < 1.29 is 18.6 Å². The Kier molecular flexibility index (Phi) is 6.61. The standard InChI is InChI=1S/C35H35F2N5O2/c1-2-21-4-3-5-22-14-26(43)15-29(30(21)22)27-8-9-28-32(31(27)37)39-34(40-33(28)42-17-24-6-7-25(18-42)38-24)44-20-35(11-12-35)19-41-13-10-23(36)16-41/h1,3-5,8-9,14-15,23-25,38,43H,6-7,10-13,16-20H2/t23-,24?,25?/m0/s1. The molecule has 3 aromatic carbocycles. The van der Waals surface area contributed by atoms with Gasteiger partial charge in [0.05, 0.1) is 6.61 Å². The summed E-state index contributed by atoms with van der Waals surface area (Å²) in [6.07, 6.45) is 9.87. The number of hydrogen-bond donors (Lipinski definition) is 2. The monoisotopic (exact) mass is 595 g/mol. The van der Waals surface area contributed by atoms with Gasteiger partial charge in [0.25, 0.3) is 0 Å². The summed E-state index contributed by atoms with van der Waals surface area (Å²) in [6, 6.07) is 13.2. The van der Waals surface area contributed by atoms with E-state index < -0.39 is 12.0 Å². The third-order valence-electron chi connectivity index (χ3n) is 9.93. The van der Waals surface area contributed by atoms with Crippen LogP contribution in [0.2, 0.25) is 0 Å². The van der Waals surface area contributed by atoms with Crippen LogP contribution in [0.4, 0.5) is 14.6 Å². The maximum atomic E-state index is 16.8. The van der Waals surface area contributed by atoms with Crippen molar-refractivity contribution in [2.24, 2.45) is 5.41 Å². The summed E-state index contributed by atoms with van der Waals surface area (Å²) in [7, 11) is 0. The molecule has 226 valence electrons. The lowest BCUT2D eigenvalue weighted by atomic mass is 9.93. The van der Waals surface area contributed by atoms with Crippen LogP contribution >= 0.6 is 0 Å². The lowest BCUT2D eigenvalue weighted by Gasteiger charge is -2.34. The van der Waals surface area contributed by atoms with Crippen molar-refractivity contribution in [2.75, 3.05) is 44.2 Å². The van der Waals surface area contributed by atoms with Gasteiger partial charge in [-0.2, -0.15) is 9.97 Å². The number of alkyl halides is 1. The third kappa shape index (κ3) is 4.90. The van der Waals surface area contributed by atoms with E-state index in [4.69, 9.17) is 16.1 Å². The molecule has 8 rings (SSSR count). The Bertz CT molecular complexity index is 1810. The molecule has 0 radical (unpaired) electrons. The van der Waals surface area contributed by atoms with Crippen LogP contribution in [0.25, 0.3) is 32.8 Å². The molecule has 1 aromatic heterocycles. The molecule has 2 N–H and O–H groups in total. The summed E-state index contributed by atoms with van der Waals surface area (Å²) in [5.41, 5.74) is 1.54. The van der Waals surface area contributed by atoms with E-state index in [1.54, 1.807) is 18.2 Å². The zero-order chi connectivity index (χ0) is 30.0. The molecule has 4 fully saturated rings. The minimum Gasteiger partial charge on any atom is -0.508 e. The summed E-state index contributed by atoms with van der Waals surface area (Å²) in [5, 5.41) is 16.3. The predicted molar refractivity (Wildman–Crippen MR) is 167 cm³/mol. The molecule has 4 aromatic rings. The van der Waals surface area contributed by atoms with Gasteiger partial charge in [0.2, 0.25) is 0 Å². The molecular formula is C35H35F2N5O2. The normalized spacial score (nSPS) is 24.2. The predicted octanol–water partition coefficient (Wildman–Crippen LogP) is 5.42. The number of fused-ring (bicyclic) bond motifs is 4. The van der Waals surface area contributed by atoms with Gasteiger partial charge in [0, 0.05) is 72.1 Å².